The first-order valence-electron chi connectivity index (χ1n) is 8.49. The zero-order valence-corrected chi connectivity index (χ0v) is 14.3. The van der Waals surface area contributed by atoms with Crippen LogP contribution in [-0.4, -0.2) is 32.0 Å². The predicted octanol–water partition coefficient (Wildman–Crippen LogP) is 2.79. The third-order valence-electron chi connectivity index (χ3n) is 4.33. The van der Waals surface area contributed by atoms with Gasteiger partial charge < -0.3 is 15.0 Å². The van der Waals surface area contributed by atoms with Gasteiger partial charge in [-0.3, -0.25) is 9.59 Å². The lowest BCUT2D eigenvalue weighted by Crippen LogP contribution is -2.27. The van der Waals surface area contributed by atoms with Crippen molar-refractivity contribution >= 4 is 17.5 Å². The summed E-state index contributed by atoms with van der Waals surface area (Å²) in [5, 5.41) is 2.93. The molecule has 0 aromatic heterocycles. The third kappa shape index (κ3) is 4.18. The molecule has 2 aromatic rings. The van der Waals surface area contributed by atoms with Crippen molar-refractivity contribution in [3.05, 3.63) is 59.7 Å². The van der Waals surface area contributed by atoms with Crippen LogP contribution in [0.1, 0.15) is 28.8 Å². The number of rotatable bonds is 6. The maximum atomic E-state index is 12.4. The summed E-state index contributed by atoms with van der Waals surface area (Å²) in [5.41, 5.74) is 2.47. The van der Waals surface area contributed by atoms with Gasteiger partial charge in [-0.2, -0.15) is 0 Å². The fourth-order valence-corrected chi connectivity index (χ4v) is 2.99. The number of hydrogen-bond donors (Lipinski definition) is 1. The quantitative estimate of drug-likeness (QED) is 0.881. The van der Waals surface area contributed by atoms with Gasteiger partial charge in [-0.1, -0.05) is 18.2 Å². The Bertz CT molecular complexity index is 773. The fourth-order valence-electron chi connectivity index (χ4n) is 2.99. The number of carbonyl (C=O) groups excluding carboxylic acids is 2. The minimum atomic E-state index is -0.128. The molecule has 1 fully saturated rings. The molecule has 2 amide bonds. The van der Waals surface area contributed by atoms with Crippen LogP contribution in [0.2, 0.25) is 0 Å². The van der Waals surface area contributed by atoms with E-state index in [1.807, 2.05) is 36.4 Å². The lowest BCUT2D eigenvalue weighted by Gasteiger charge is -2.16. The Morgan fingerprint density at radius 1 is 1.20 bits per heavy atom. The monoisotopic (exact) mass is 338 g/mol. The highest BCUT2D eigenvalue weighted by Crippen LogP contribution is 2.22. The SMILES string of the molecule is COc1cccc(CCNC(=O)c2cccc(N3CCCC3=O)c2)c1. The molecule has 0 spiro atoms. The summed E-state index contributed by atoms with van der Waals surface area (Å²) in [6, 6.07) is 15.0. The number of ether oxygens (including phenoxy) is 1. The molecular formula is C20H22N2O3. The standard InChI is InChI=1S/C20H22N2O3/c1-25-18-8-2-5-15(13-18)10-11-21-20(24)16-6-3-7-17(14-16)22-12-4-9-19(22)23/h2-3,5-8,13-14H,4,9-12H2,1H3,(H,21,24). The highest BCUT2D eigenvalue weighted by Gasteiger charge is 2.22. The van der Waals surface area contributed by atoms with Gasteiger partial charge in [-0.25, -0.2) is 0 Å². The number of hydrogen-bond acceptors (Lipinski definition) is 3. The first-order valence-corrected chi connectivity index (χ1v) is 8.49. The molecule has 5 nitrogen and oxygen atoms in total. The van der Waals surface area contributed by atoms with Crippen molar-refractivity contribution in [2.24, 2.45) is 0 Å². The lowest BCUT2D eigenvalue weighted by atomic mass is 10.1. The minimum Gasteiger partial charge on any atom is -0.497 e. The van der Waals surface area contributed by atoms with Crippen molar-refractivity contribution in [2.75, 3.05) is 25.1 Å². The maximum Gasteiger partial charge on any atom is 0.251 e. The van der Waals surface area contributed by atoms with Gasteiger partial charge in [0.2, 0.25) is 5.91 Å². The molecule has 2 aromatic carbocycles. The van der Waals surface area contributed by atoms with Crippen LogP contribution in [0, 0.1) is 0 Å². The first-order chi connectivity index (χ1) is 12.2. The lowest BCUT2D eigenvalue weighted by molar-refractivity contribution is -0.117. The molecule has 0 atom stereocenters. The molecular weight excluding hydrogens is 316 g/mol. The fraction of sp³-hybridized carbons (Fsp3) is 0.300. The van der Waals surface area contributed by atoms with E-state index in [2.05, 4.69) is 5.32 Å². The van der Waals surface area contributed by atoms with E-state index in [1.54, 1.807) is 24.1 Å². The average molecular weight is 338 g/mol. The highest BCUT2D eigenvalue weighted by atomic mass is 16.5. The van der Waals surface area contributed by atoms with Crippen LogP contribution in [-0.2, 0) is 11.2 Å². The van der Waals surface area contributed by atoms with Crippen molar-refractivity contribution in [3.63, 3.8) is 0 Å². The van der Waals surface area contributed by atoms with Crippen LogP contribution in [0.25, 0.3) is 0 Å². The number of anilines is 1. The van der Waals surface area contributed by atoms with E-state index < -0.39 is 0 Å². The van der Waals surface area contributed by atoms with E-state index in [0.717, 1.165) is 36.4 Å². The predicted molar refractivity (Wildman–Crippen MR) is 97.1 cm³/mol. The molecule has 1 aliphatic rings. The molecule has 0 saturated carbocycles. The molecule has 1 N–H and O–H groups in total. The second-order valence-corrected chi connectivity index (χ2v) is 6.06. The normalized spacial score (nSPS) is 13.8. The summed E-state index contributed by atoms with van der Waals surface area (Å²) in [5.74, 6) is 0.804. The van der Waals surface area contributed by atoms with E-state index in [9.17, 15) is 9.59 Å². The number of methoxy groups -OCH3 is 1. The second kappa shape index (κ2) is 7.83. The molecule has 0 unspecified atom stereocenters. The van der Waals surface area contributed by atoms with Gasteiger partial charge in [0.05, 0.1) is 7.11 Å². The Hall–Kier alpha value is -2.82. The molecule has 0 bridgehead atoms. The van der Waals surface area contributed by atoms with E-state index >= 15 is 0 Å². The van der Waals surface area contributed by atoms with Crippen LogP contribution in [0.3, 0.4) is 0 Å². The number of nitrogens with zero attached hydrogens (tertiary/aromatic N) is 1. The zero-order chi connectivity index (χ0) is 17.6. The summed E-state index contributed by atoms with van der Waals surface area (Å²) in [6.07, 6.45) is 2.18. The van der Waals surface area contributed by atoms with Crippen LogP contribution >= 0.6 is 0 Å². The summed E-state index contributed by atoms with van der Waals surface area (Å²) in [4.78, 5) is 26.0. The minimum absolute atomic E-state index is 0.121. The second-order valence-electron chi connectivity index (χ2n) is 6.06. The molecule has 5 heteroatoms. The van der Waals surface area contributed by atoms with E-state index in [-0.39, 0.29) is 11.8 Å². The largest absolute Gasteiger partial charge is 0.497 e. The Labute approximate surface area is 147 Å². The Balaban J connectivity index is 1.58. The summed E-state index contributed by atoms with van der Waals surface area (Å²) in [6.45, 7) is 1.26. The van der Waals surface area contributed by atoms with Crippen LogP contribution in [0.4, 0.5) is 5.69 Å². The highest BCUT2D eigenvalue weighted by molar-refractivity contribution is 5.99. The number of nitrogens with one attached hydrogen (secondary N) is 1. The average Bonchev–Trinajstić information content (AvgIpc) is 3.08. The van der Waals surface area contributed by atoms with Gasteiger partial charge in [0.25, 0.3) is 5.91 Å². The van der Waals surface area contributed by atoms with Gasteiger partial charge in [0, 0.05) is 30.8 Å². The zero-order valence-electron chi connectivity index (χ0n) is 14.3. The van der Waals surface area contributed by atoms with Gasteiger partial charge in [-0.15, -0.1) is 0 Å². The van der Waals surface area contributed by atoms with Crippen LogP contribution in [0.5, 0.6) is 5.75 Å². The third-order valence-corrected chi connectivity index (χ3v) is 4.33. The molecule has 25 heavy (non-hydrogen) atoms. The smallest absolute Gasteiger partial charge is 0.251 e. The molecule has 1 aliphatic heterocycles. The van der Waals surface area contributed by atoms with Gasteiger partial charge in [0.1, 0.15) is 5.75 Å². The van der Waals surface area contributed by atoms with Crippen LogP contribution < -0.4 is 15.0 Å². The Morgan fingerprint density at radius 3 is 2.80 bits per heavy atom. The van der Waals surface area contributed by atoms with Gasteiger partial charge in [-0.05, 0) is 48.7 Å². The Kier molecular flexibility index (Phi) is 5.33. The molecule has 130 valence electrons. The van der Waals surface area contributed by atoms with Crippen molar-refractivity contribution in [1.29, 1.82) is 0 Å². The number of carbonyl (C=O) groups is 2. The van der Waals surface area contributed by atoms with Crippen molar-refractivity contribution in [1.82, 2.24) is 5.32 Å². The molecule has 0 radical (unpaired) electrons. The topological polar surface area (TPSA) is 58.6 Å². The van der Waals surface area contributed by atoms with E-state index in [0.29, 0.717) is 18.5 Å². The van der Waals surface area contributed by atoms with E-state index in [4.69, 9.17) is 4.74 Å². The summed E-state index contributed by atoms with van der Waals surface area (Å²) >= 11 is 0. The first kappa shape index (κ1) is 17.0. The number of benzene rings is 2. The molecule has 1 saturated heterocycles. The van der Waals surface area contributed by atoms with Gasteiger partial charge >= 0.3 is 0 Å². The Morgan fingerprint density at radius 2 is 2.04 bits per heavy atom. The van der Waals surface area contributed by atoms with E-state index in [1.165, 1.54) is 0 Å². The van der Waals surface area contributed by atoms with Gasteiger partial charge in [0.15, 0.2) is 0 Å². The number of amides is 2. The molecule has 0 aliphatic carbocycles. The summed E-state index contributed by atoms with van der Waals surface area (Å²) in [7, 11) is 1.64. The van der Waals surface area contributed by atoms with Crippen LogP contribution in [0.15, 0.2) is 48.5 Å². The summed E-state index contributed by atoms with van der Waals surface area (Å²) < 4.78 is 5.20. The van der Waals surface area contributed by atoms with Crippen molar-refractivity contribution < 1.29 is 14.3 Å². The molecule has 3 rings (SSSR count). The van der Waals surface area contributed by atoms with Crippen molar-refractivity contribution in [2.45, 2.75) is 19.3 Å². The van der Waals surface area contributed by atoms with Crippen molar-refractivity contribution in [3.8, 4) is 5.75 Å². The maximum absolute atomic E-state index is 12.4. The molecule has 1 heterocycles.